The second-order valence-corrected chi connectivity index (χ2v) is 5.56. The third-order valence-electron chi connectivity index (χ3n) is 3.34. The van der Waals surface area contributed by atoms with E-state index in [1.54, 1.807) is 12.1 Å². The van der Waals surface area contributed by atoms with Crippen LogP contribution < -0.4 is 5.73 Å². The Morgan fingerprint density at radius 3 is 2.62 bits per heavy atom. The van der Waals surface area contributed by atoms with E-state index < -0.39 is 4.92 Å². The summed E-state index contributed by atoms with van der Waals surface area (Å²) in [5, 5.41) is 11.5. The number of hydrogen-bond donors (Lipinski definition) is 1. The average molecular weight is 305 g/mol. The van der Waals surface area contributed by atoms with E-state index in [-0.39, 0.29) is 11.7 Å². The molecular weight excluding hydrogens is 288 g/mol. The Morgan fingerprint density at radius 2 is 1.95 bits per heavy atom. The Balaban J connectivity index is 2.16. The van der Waals surface area contributed by atoms with E-state index in [0.29, 0.717) is 23.4 Å². The van der Waals surface area contributed by atoms with E-state index in [0.717, 1.165) is 5.56 Å². The van der Waals surface area contributed by atoms with Crippen LogP contribution in [0.4, 0.5) is 5.69 Å². The quantitative estimate of drug-likeness (QED) is 0.677. The van der Waals surface area contributed by atoms with Crippen LogP contribution in [-0.2, 0) is 12.8 Å². The third-order valence-corrected chi connectivity index (χ3v) is 3.69. The van der Waals surface area contributed by atoms with Gasteiger partial charge in [-0.25, -0.2) is 0 Å². The predicted molar refractivity (Wildman–Crippen MR) is 84.7 cm³/mol. The summed E-state index contributed by atoms with van der Waals surface area (Å²) in [4.78, 5) is 10.6. The van der Waals surface area contributed by atoms with Gasteiger partial charge in [-0.2, -0.15) is 0 Å². The van der Waals surface area contributed by atoms with Gasteiger partial charge in [0, 0.05) is 17.7 Å². The van der Waals surface area contributed by atoms with Gasteiger partial charge in [0.2, 0.25) is 0 Å². The minimum absolute atomic E-state index is 0.0298. The molecule has 2 aromatic carbocycles. The molecule has 0 aliphatic carbocycles. The van der Waals surface area contributed by atoms with Gasteiger partial charge in [-0.05, 0) is 31.4 Å². The Kier molecular flexibility index (Phi) is 4.94. The standard InChI is InChI=1S/C16H17ClN2O2/c1-11-4-2-5-12(8-11)9-13(18)10-14-15(17)6-3-7-16(14)19(20)21/h2-8,13H,9-10,18H2,1H3. The van der Waals surface area contributed by atoms with Crippen LogP contribution in [0.5, 0.6) is 0 Å². The van der Waals surface area contributed by atoms with E-state index in [1.807, 2.05) is 25.1 Å². The molecule has 1 unspecified atom stereocenters. The summed E-state index contributed by atoms with van der Waals surface area (Å²) in [5.74, 6) is 0. The van der Waals surface area contributed by atoms with Gasteiger partial charge < -0.3 is 5.73 Å². The van der Waals surface area contributed by atoms with Crippen LogP contribution in [0, 0.1) is 17.0 Å². The minimum Gasteiger partial charge on any atom is -0.327 e. The smallest absolute Gasteiger partial charge is 0.274 e. The molecule has 5 heteroatoms. The van der Waals surface area contributed by atoms with Crippen LogP contribution in [0.2, 0.25) is 5.02 Å². The van der Waals surface area contributed by atoms with Crippen LogP contribution in [0.25, 0.3) is 0 Å². The Bertz CT molecular complexity index is 658. The Morgan fingerprint density at radius 1 is 1.24 bits per heavy atom. The summed E-state index contributed by atoms with van der Waals surface area (Å²) >= 11 is 6.09. The monoisotopic (exact) mass is 304 g/mol. The normalized spacial score (nSPS) is 12.1. The van der Waals surface area contributed by atoms with E-state index >= 15 is 0 Å². The van der Waals surface area contributed by atoms with Gasteiger partial charge in [-0.1, -0.05) is 47.5 Å². The number of rotatable bonds is 5. The van der Waals surface area contributed by atoms with Crippen LogP contribution in [0.3, 0.4) is 0 Å². The van der Waals surface area contributed by atoms with Gasteiger partial charge in [0.05, 0.1) is 9.95 Å². The average Bonchev–Trinajstić information content (AvgIpc) is 2.40. The molecule has 0 radical (unpaired) electrons. The fraction of sp³-hybridized carbons (Fsp3) is 0.250. The predicted octanol–water partition coefficient (Wildman–Crippen LogP) is 3.67. The summed E-state index contributed by atoms with van der Waals surface area (Å²) in [6, 6.07) is 12.6. The van der Waals surface area contributed by atoms with Gasteiger partial charge >= 0.3 is 0 Å². The van der Waals surface area contributed by atoms with Crippen molar-refractivity contribution >= 4 is 17.3 Å². The maximum absolute atomic E-state index is 11.1. The number of halogens is 1. The minimum atomic E-state index is -0.416. The molecule has 0 fully saturated rings. The highest BCUT2D eigenvalue weighted by atomic mass is 35.5. The molecule has 0 bridgehead atoms. The summed E-state index contributed by atoms with van der Waals surface area (Å²) in [6.45, 7) is 2.02. The van der Waals surface area contributed by atoms with Crippen LogP contribution in [0.15, 0.2) is 42.5 Å². The lowest BCUT2D eigenvalue weighted by Crippen LogP contribution is -2.26. The molecule has 0 aliphatic rings. The van der Waals surface area contributed by atoms with Crippen molar-refractivity contribution in [1.82, 2.24) is 0 Å². The van der Waals surface area contributed by atoms with E-state index in [9.17, 15) is 10.1 Å². The van der Waals surface area contributed by atoms with Crippen molar-refractivity contribution in [1.29, 1.82) is 0 Å². The molecule has 0 aliphatic heterocycles. The van der Waals surface area contributed by atoms with Crippen molar-refractivity contribution in [3.63, 3.8) is 0 Å². The number of aryl methyl sites for hydroxylation is 1. The van der Waals surface area contributed by atoms with E-state index in [1.165, 1.54) is 11.6 Å². The zero-order valence-corrected chi connectivity index (χ0v) is 12.5. The first-order chi connectivity index (χ1) is 9.97. The van der Waals surface area contributed by atoms with Crippen LogP contribution in [0.1, 0.15) is 16.7 Å². The highest BCUT2D eigenvalue weighted by molar-refractivity contribution is 6.31. The number of hydrogen-bond acceptors (Lipinski definition) is 3. The van der Waals surface area contributed by atoms with Crippen LogP contribution >= 0.6 is 11.6 Å². The Hall–Kier alpha value is -1.91. The number of benzene rings is 2. The van der Waals surface area contributed by atoms with Gasteiger partial charge in [0.15, 0.2) is 0 Å². The first-order valence-electron chi connectivity index (χ1n) is 6.70. The first-order valence-corrected chi connectivity index (χ1v) is 7.08. The number of nitrogens with two attached hydrogens (primary N) is 1. The van der Waals surface area contributed by atoms with Crippen molar-refractivity contribution in [2.24, 2.45) is 5.73 Å². The van der Waals surface area contributed by atoms with Crippen LogP contribution in [-0.4, -0.2) is 11.0 Å². The number of nitro groups is 1. The maximum Gasteiger partial charge on any atom is 0.274 e. The summed E-state index contributed by atoms with van der Waals surface area (Å²) in [6.07, 6.45) is 1.04. The lowest BCUT2D eigenvalue weighted by molar-refractivity contribution is -0.385. The van der Waals surface area contributed by atoms with Gasteiger partial charge in [-0.15, -0.1) is 0 Å². The Labute approximate surface area is 128 Å². The van der Waals surface area contributed by atoms with E-state index in [4.69, 9.17) is 17.3 Å². The molecule has 0 saturated carbocycles. The molecule has 0 amide bonds. The molecule has 0 heterocycles. The van der Waals surface area contributed by atoms with Crippen molar-refractivity contribution in [2.75, 3.05) is 0 Å². The first kappa shape index (κ1) is 15.5. The second-order valence-electron chi connectivity index (χ2n) is 5.15. The summed E-state index contributed by atoms with van der Waals surface area (Å²) in [5.41, 5.74) is 8.97. The van der Waals surface area contributed by atoms with Gasteiger partial charge in [0.1, 0.15) is 0 Å². The molecule has 0 aromatic heterocycles. The highest BCUT2D eigenvalue weighted by Crippen LogP contribution is 2.27. The molecule has 2 N–H and O–H groups in total. The fourth-order valence-electron chi connectivity index (χ4n) is 2.40. The van der Waals surface area contributed by atoms with Gasteiger partial charge in [-0.3, -0.25) is 10.1 Å². The molecule has 21 heavy (non-hydrogen) atoms. The SMILES string of the molecule is Cc1cccc(CC(N)Cc2c(Cl)cccc2[N+](=O)[O-])c1. The van der Waals surface area contributed by atoms with Crippen molar-refractivity contribution in [3.05, 3.63) is 74.3 Å². The molecule has 0 spiro atoms. The number of nitro benzene ring substituents is 1. The zero-order chi connectivity index (χ0) is 15.4. The molecule has 110 valence electrons. The van der Waals surface area contributed by atoms with Crippen molar-refractivity contribution in [2.45, 2.75) is 25.8 Å². The molecular formula is C16H17ClN2O2. The highest BCUT2D eigenvalue weighted by Gasteiger charge is 2.19. The second kappa shape index (κ2) is 6.70. The lowest BCUT2D eigenvalue weighted by Gasteiger charge is -2.13. The number of nitrogens with zero attached hydrogens (tertiary/aromatic N) is 1. The molecule has 2 aromatic rings. The van der Waals surface area contributed by atoms with Crippen molar-refractivity contribution < 1.29 is 4.92 Å². The largest absolute Gasteiger partial charge is 0.327 e. The maximum atomic E-state index is 11.1. The summed E-state index contributed by atoms with van der Waals surface area (Å²) in [7, 11) is 0. The topological polar surface area (TPSA) is 69.2 Å². The molecule has 0 saturated heterocycles. The molecule has 4 nitrogen and oxygen atoms in total. The fourth-order valence-corrected chi connectivity index (χ4v) is 2.64. The molecule has 1 atom stereocenters. The third kappa shape index (κ3) is 4.03. The lowest BCUT2D eigenvalue weighted by atomic mass is 9.98. The van der Waals surface area contributed by atoms with E-state index in [2.05, 4.69) is 6.07 Å². The van der Waals surface area contributed by atoms with Crippen molar-refractivity contribution in [3.8, 4) is 0 Å². The summed E-state index contributed by atoms with van der Waals surface area (Å²) < 4.78 is 0. The molecule has 2 rings (SSSR count). The van der Waals surface area contributed by atoms with Gasteiger partial charge in [0.25, 0.3) is 5.69 Å². The zero-order valence-electron chi connectivity index (χ0n) is 11.8.